The first-order valence-corrected chi connectivity index (χ1v) is 9.58. The molecule has 0 amide bonds. The van der Waals surface area contributed by atoms with E-state index in [4.69, 9.17) is 0 Å². The lowest BCUT2D eigenvalue weighted by atomic mass is 9.79. The molecule has 0 aliphatic heterocycles. The van der Waals surface area contributed by atoms with Crippen LogP contribution >= 0.6 is 0 Å². The van der Waals surface area contributed by atoms with Crippen LogP contribution in [-0.2, 0) is 10.8 Å². The van der Waals surface area contributed by atoms with Crippen molar-refractivity contribution in [1.29, 1.82) is 0 Å². The van der Waals surface area contributed by atoms with Gasteiger partial charge in [0.05, 0.1) is 5.25 Å². The van der Waals surface area contributed by atoms with E-state index in [1.807, 2.05) is 0 Å². The van der Waals surface area contributed by atoms with Gasteiger partial charge in [-0.05, 0) is 50.5 Å². The minimum atomic E-state index is -0.640. The van der Waals surface area contributed by atoms with Crippen LogP contribution in [0.4, 0.5) is 0 Å². The molecule has 0 heterocycles. The normalized spacial score (nSPS) is 29.6. The average molecular weight is 288 g/mol. The number of nitrogens with one attached hydrogen (secondary N) is 1. The standard InChI is InChI=1S/C16H33NOS/c1-5-7-11-19(18)16-12-14(13(3)4)8-9-15(16)17-10-6-2/h13-17H,5-12H2,1-4H3. The van der Waals surface area contributed by atoms with Crippen LogP contribution in [-0.4, -0.2) is 27.8 Å². The summed E-state index contributed by atoms with van der Waals surface area (Å²) in [5.74, 6) is 2.41. The Morgan fingerprint density at radius 3 is 2.53 bits per heavy atom. The van der Waals surface area contributed by atoms with Crippen molar-refractivity contribution in [3.63, 3.8) is 0 Å². The quantitative estimate of drug-likeness (QED) is 0.737. The molecule has 0 spiro atoms. The van der Waals surface area contributed by atoms with Crippen molar-refractivity contribution in [2.45, 2.75) is 77.5 Å². The fourth-order valence-electron chi connectivity index (χ4n) is 3.06. The lowest BCUT2D eigenvalue weighted by Crippen LogP contribution is -2.47. The second-order valence-corrected chi connectivity index (χ2v) is 8.13. The van der Waals surface area contributed by atoms with Crippen LogP contribution in [0.25, 0.3) is 0 Å². The van der Waals surface area contributed by atoms with E-state index in [1.54, 1.807) is 0 Å². The van der Waals surface area contributed by atoms with E-state index in [9.17, 15) is 4.21 Å². The maximum atomic E-state index is 12.6. The van der Waals surface area contributed by atoms with Crippen molar-refractivity contribution < 1.29 is 4.21 Å². The number of hydrogen-bond acceptors (Lipinski definition) is 2. The molecule has 1 saturated carbocycles. The maximum absolute atomic E-state index is 12.6. The molecule has 0 bridgehead atoms. The van der Waals surface area contributed by atoms with Gasteiger partial charge in [-0.15, -0.1) is 0 Å². The zero-order chi connectivity index (χ0) is 14.3. The van der Waals surface area contributed by atoms with E-state index in [0.29, 0.717) is 11.3 Å². The molecule has 4 unspecified atom stereocenters. The molecule has 0 aromatic rings. The second kappa shape index (κ2) is 9.12. The first-order chi connectivity index (χ1) is 9.10. The Morgan fingerprint density at radius 1 is 1.21 bits per heavy atom. The summed E-state index contributed by atoms with van der Waals surface area (Å²) < 4.78 is 12.6. The molecule has 3 heteroatoms. The summed E-state index contributed by atoms with van der Waals surface area (Å²) in [4.78, 5) is 0. The highest BCUT2D eigenvalue weighted by atomic mass is 32.2. The van der Waals surface area contributed by atoms with Gasteiger partial charge in [-0.1, -0.05) is 34.1 Å². The lowest BCUT2D eigenvalue weighted by molar-refractivity contribution is 0.243. The second-order valence-electron chi connectivity index (χ2n) is 6.35. The highest BCUT2D eigenvalue weighted by molar-refractivity contribution is 7.85. The van der Waals surface area contributed by atoms with Gasteiger partial charge in [-0.25, -0.2) is 0 Å². The van der Waals surface area contributed by atoms with Crippen molar-refractivity contribution in [3.05, 3.63) is 0 Å². The summed E-state index contributed by atoms with van der Waals surface area (Å²) in [5, 5.41) is 4.03. The van der Waals surface area contributed by atoms with E-state index in [2.05, 4.69) is 33.0 Å². The maximum Gasteiger partial charge on any atom is 0.0503 e. The Labute approximate surface area is 122 Å². The smallest absolute Gasteiger partial charge is 0.0503 e. The molecule has 1 aliphatic rings. The Bertz CT molecular complexity index is 267. The molecular formula is C16H33NOS. The van der Waals surface area contributed by atoms with Crippen molar-refractivity contribution in [1.82, 2.24) is 5.32 Å². The molecule has 19 heavy (non-hydrogen) atoms. The molecule has 1 rings (SSSR count). The average Bonchev–Trinajstić information content (AvgIpc) is 2.42. The van der Waals surface area contributed by atoms with Crippen LogP contribution in [0.15, 0.2) is 0 Å². The van der Waals surface area contributed by atoms with Gasteiger partial charge in [0.15, 0.2) is 0 Å². The topological polar surface area (TPSA) is 29.1 Å². The van der Waals surface area contributed by atoms with Crippen molar-refractivity contribution >= 4 is 10.8 Å². The summed E-state index contributed by atoms with van der Waals surface area (Å²) in [7, 11) is -0.640. The first-order valence-electron chi connectivity index (χ1n) is 8.20. The highest BCUT2D eigenvalue weighted by Gasteiger charge is 2.34. The van der Waals surface area contributed by atoms with Crippen LogP contribution < -0.4 is 5.32 Å². The Kier molecular flexibility index (Phi) is 8.24. The van der Waals surface area contributed by atoms with Gasteiger partial charge in [0.2, 0.25) is 0 Å². The molecule has 0 radical (unpaired) electrons. The molecule has 0 aromatic carbocycles. The number of unbranched alkanes of at least 4 members (excludes halogenated alkanes) is 1. The predicted octanol–water partition coefficient (Wildman–Crippen LogP) is 3.73. The summed E-state index contributed by atoms with van der Waals surface area (Å²) >= 11 is 0. The van der Waals surface area contributed by atoms with E-state index >= 15 is 0 Å². The van der Waals surface area contributed by atoms with Gasteiger partial charge < -0.3 is 5.32 Å². The van der Waals surface area contributed by atoms with E-state index in [1.165, 1.54) is 19.3 Å². The van der Waals surface area contributed by atoms with Gasteiger partial charge in [-0.2, -0.15) is 0 Å². The van der Waals surface area contributed by atoms with Gasteiger partial charge >= 0.3 is 0 Å². The first kappa shape index (κ1) is 17.2. The monoisotopic (exact) mass is 287 g/mol. The van der Waals surface area contributed by atoms with Crippen LogP contribution in [0.1, 0.15) is 66.2 Å². The summed E-state index contributed by atoms with van der Waals surface area (Å²) in [5.41, 5.74) is 0. The molecule has 2 nitrogen and oxygen atoms in total. The van der Waals surface area contributed by atoms with E-state index in [-0.39, 0.29) is 0 Å². The predicted molar refractivity (Wildman–Crippen MR) is 86.0 cm³/mol. The Morgan fingerprint density at radius 2 is 1.95 bits per heavy atom. The van der Waals surface area contributed by atoms with Crippen molar-refractivity contribution in [2.24, 2.45) is 11.8 Å². The van der Waals surface area contributed by atoms with Crippen molar-refractivity contribution in [2.75, 3.05) is 12.3 Å². The van der Waals surface area contributed by atoms with Gasteiger partial charge in [0.1, 0.15) is 0 Å². The van der Waals surface area contributed by atoms with Crippen molar-refractivity contribution in [3.8, 4) is 0 Å². The molecule has 4 atom stereocenters. The zero-order valence-corrected chi connectivity index (χ0v) is 14.1. The fourth-order valence-corrected chi connectivity index (χ4v) is 4.99. The van der Waals surface area contributed by atoms with E-state index in [0.717, 1.165) is 43.4 Å². The van der Waals surface area contributed by atoms with Crippen LogP contribution in [0, 0.1) is 11.8 Å². The Balaban J connectivity index is 2.61. The summed E-state index contributed by atoms with van der Waals surface area (Å²) in [6.45, 7) is 10.1. The largest absolute Gasteiger partial charge is 0.313 e. The molecule has 0 aromatic heterocycles. The fraction of sp³-hybridized carbons (Fsp3) is 1.00. The zero-order valence-electron chi connectivity index (χ0n) is 13.3. The summed E-state index contributed by atoms with van der Waals surface area (Å²) in [6.07, 6.45) is 7.11. The number of hydrogen-bond donors (Lipinski definition) is 1. The highest BCUT2D eigenvalue weighted by Crippen LogP contribution is 2.33. The third kappa shape index (κ3) is 5.55. The minimum Gasteiger partial charge on any atom is -0.313 e. The SMILES string of the molecule is CCCCS(=O)C1CC(C(C)C)CCC1NCCC. The van der Waals surface area contributed by atoms with Crippen LogP contribution in [0.3, 0.4) is 0 Å². The minimum absolute atomic E-state index is 0.388. The Hall–Kier alpha value is 0.110. The molecular weight excluding hydrogens is 254 g/mol. The van der Waals surface area contributed by atoms with Crippen LogP contribution in [0.2, 0.25) is 0 Å². The third-order valence-corrected chi connectivity index (χ3v) is 6.36. The number of rotatable bonds is 8. The van der Waals surface area contributed by atoms with Crippen LogP contribution in [0.5, 0.6) is 0 Å². The molecule has 114 valence electrons. The molecule has 1 aliphatic carbocycles. The molecule has 1 fully saturated rings. The van der Waals surface area contributed by atoms with Gasteiger partial charge in [0.25, 0.3) is 0 Å². The summed E-state index contributed by atoms with van der Waals surface area (Å²) in [6, 6.07) is 0.493. The molecule has 0 saturated heterocycles. The third-order valence-electron chi connectivity index (χ3n) is 4.47. The van der Waals surface area contributed by atoms with E-state index < -0.39 is 10.8 Å². The molecule has 1 N–H and O–H groups in total. The lowest BCUT2D eigenvalue weighted by Gasteiger charge is -2.38. The van der Waals surface area contributed by atoms with Gasteiger partial charge in [-0.3, -0.25) is 4.21 Å². The van der Waals surface area contributed by atoms with Gasteiger partial charge in [0, 0.05) is 22.6 Å².